The first-order chi connectivity index (χ1) is 22.8. The molecule has 0 heteroatoms. The van der Waals surface area contributed by atoms with E-state index in [0.29, 0.717) is 0 Å². The largest absolute Gasteiger partial charge is 0.0622 e. The Bertz CT molecular complexity index is 2130. The average molecular weight is 585 g/mol. The predicted octanol–water partition coefficient (Wildman–Crippen LogP) is 12.3. The summed E-state index contributed by atoms with van der Waals surface area (Å²) < 4.78 is 0. The van der Waals surface area contributed by atoms with Gasteiger partial charge in [-0.25, -0.2) is 0 Å². The Morgan fingerprint density at radius 2 is 0.565 bits per heavy atom. The zero-order valence-electron chi connectivity index (χ0n) is 25.5. The van der Waals surface area contributed by atoms with Gasteiger partial charge in [-0.15, -0.1) is 0 Å². The first kappa shape index (κ1) is 27.6. The Balaban J connectivity index is 1.30. The van der Waals surface area contributed by atoms with E-state index in [4.69, 9.17) is 0 Å². The first-order valence-corrected chi connectivity index (χ1v) is 15.9. The first-order valence-electron chi connectivity index (χ1n) is 15.9. The summed E-state index contributed by atoms with van der Waals surface area (Å²) >= 11 is 0. The summed E-state index contributed by atoms with van der Waals surface area (Å²) in [5.74, 6) is 0. The molecule has 0 nitrogen and oxygen atoms in total. The molecule has 0 spiro atoms. The van der Waals surface area contributed by atoms with Crippen molar-refractivity contribution in [2.24, 2.45) is 0 Å². The lowest BCUT2D eigenvalue weighted by Gasteiger charge is -2.19. The highest BCUT2D eigenvalue weighted by Gasteiger charge is 2.17. The summed E-state index contributed by atoms with van der Waals surface area (Å²) in [6, 6.07) is 70.1. The van der Waals surface area contributed by atoms with Gasteiger partial charge in [-0.1, -0.05) is 194 Å². The van der Waals surface area contributed by atoms with Crippen LogP contribution in [-0.4, -0.2) is 0 Å². The number of benzene rings is 8. The molecular formula is C46H32. The second-order valence-electron chi connectivity index (χ2n) is 11.7. The zero-order valence-corrected chi connectivity index (χ0v) is 25.5. The lowest BCUT2D eigenvalue weighted by Crippen LogP contribution is -1.98. The monoisotopic (exact) mass is 584 g/mol. The van der Waals surface area contributed by atoms with Gasteiger partial charge in [0, 0.05) is 0 Å². The molecule has 0 fully saturated rings. The topological polar surface area (TPSA) is 0 Å². The van der Waals surface area contributed by atoms with E-state index >= 15 is 0 Å². The van der Waals surface area contributed by atoms with Crippen LogP contribution in [0.5, 0.6) is 0 Å². The Hall–Kier alpha value is -5.98. The van der Waals surface area contributed by atoms with Gasteiger partial charge in [0.1, 0.15) is 0 Å². The van der Waals surface area contributed by atoms with Crippen LogP contribution in [0.4, 0.5) is 0 Å². The molecule has 0 heterocycles. The van der Waals surface area contributed by atoms with Crippen molar-refractivity contribution in [1.82, 2.24) is 0 Å². The van der Waals surface area contributed by atoms with Gasteiger partial charge in [0.05, 0.1) is 0 Å². The van der Waals surface area contributed by atoms with Crippen LogP contribution in [0.25, 0.3) is 54.9 Å². The lowest BCUT2D eigenvalue weighted by atomic mass is 9.84. The molecule has 0 saturated heterocycles. The molecule has 0 atom stereocenters. The Labute approximate surface area is 270 Å². The fraction of sp³-hybridized carbons (Fsp3) is 0. The smallest absolute Gasteiger partial charge is 0.00268 e. The number of hydrogen-bond donors (Lipinski definition) is 0. The molecule has 0 bridgehead atoms. The van der Waals surface area contributed by atoms with E-state index in [2.05, 4.69) is 194 Å². The minimum Gasteiger partial charge on any atom is -0.0622 e. The van der Waals surface area contributed by atoms with E-state index in [9.17, 15) is 0 Å². The minimum absolute atomic E-state index is 1.19. The van der Waals surface area contributed by atoms with Gasteiger partial charge in [0.2, 0.25) is 0 Å². The van der Waals surface area contributed by atoms with Crippen molar-refractivity contribution in [1.29, 1.82) is 0 Å². The molecule has 0 unspecified atom stereocenters. The third-order valence-corrected chi connectivity index (χ3v) is 8.92. The van der Waals surface area contributed by atoms with Crippen molar-refractivity contribution in [3.05, 3.63) is 216 Å². The quantitative estimate of drug-likeness (QED) is 0.171. The van der Waals surface area contributed by atoms with E-state index < -0.39 is 0 Å². The molecular weight excluding hydrogens is 553 g/mol. The van der Waals surface area contributed by atoms with Crippen LogP contribution >= 0.6 is 0 Å². The van der Waals surface area contributed by atoms with E-state index in [0.717, 1.165) is 0 Å². The summed E-state index contributed by atoms with van der Waals surface area (Å²) in [7, 11) is 0. The minimum atomic E-state index is 1.19. The molecule has 0 saturated carbocycles. The fourth-order valence-corrected chi connectivity index (χ4v) is 6.71. The van der Waals surface area contributed by atoms with E-state index in [1.54, 1.807) is 0 Å². The molecule has 0 aliphatic rings. The molecule has 8 rings (SSSR count). The van der Waals surface area contributed by atoms with Gasteiger partial charge in [-0.3, -0.25) is 0 Å². The van der Waals surface area contributed by atoms with Crippen LogP contribution in [0.3, 0.4) is 0 Å². The van der Waals surface area contributed by atoms with Crippen LogP contribution in [0.1, 0.15) is 22.3 Å². The number of fused-ring (bicyclic) bond motifs is 2. The molecule has 216 valence electrons. The molecule has 0 aliphatic carbocycles. The average Bonchev–Trinajstić information content (AvgIpc) is 3.14. The summed E-state index contributed by atoms with van der Waals surface area (Å²) in [5, 5.41) is 5.06. The van der Waals surface area contributed by atoms with E-state index in [1.165, 1.54) is 77.2 Å². The maximum absolute atomic E-state index is 2.28. The van der Waals surface area contributed by atoms with Crippen LogP contribution in [-0.2, 0) is 0 Å². The van der Waals surface area contributed by atoms with Crippen molar-refractivity contribution in [3.63, 3.8) is 0 Å². The molecule has 8 aromatic carbocycles. The van der Waals surface area contributed by atoms with Crippen molar-refractivity contribution < 1.29 is 0 Å². The predicted molar refractivity (Wildman–Crippen MR) is 197 cm³/mol. The highest BCUT2D eigenvalue weighted by molar-refractivity contribution is 6.05. The molecule has 46 heavy (non-hydrogen) atoms. The van der Waals surface area contributed by atoms with Gasteiger partial charge < -0.3 is 0 Å². The van der Waals surface area contributed by atoms with E-state index in [1.807, 2.05) is 0 Å². The summed E-state index contributed by atoms with van der Waals surface area (Å²) in [5.41, 5.74) is 12.1. The summed E-state index contributed by atoms with van der Waals surface area (Å²) in [4.78, 5) is 0. The van der Waals surface area contributed by atoms with Gasteiger partial charge in [-0.2, -0.15) is 0 Å². The highest BCUT2D eigenvalue weighted by atomic mass is 14.2. The maximum Gasteiger partial charge on any atom is -0.00268 e. The second kappa shape index (κ2) is 12.2. The van der Waals surface area contributed by atoms with Crippen LogP contribution in [0.15, 0.2) is 194 Å². The zero-order chi connectivity index (χ0) is 30.7. The van der Waals surface area contributed by atoms with Gasteiger partial charge in [0.25, 0.3) is 0 Å². The third kappa shape index (κ3) is 5.21. The molecule has 8 aromatic rings. The van der Waals surface area contributed by atoms with Crippen molar-refractivity contribution in [2.75, 3.05) is 0 Å². The van der Waals surface area contributed by atoms with Gasteiger partial charge in [-0.05, 0) is 77.2 Å². The summed E-state index contributed by atoms with van der Waals surface area (Å²) in [6.45, 7) is 0. The molecule has 0 N–H and O–H groups in total. The van der Waals surface area contributed by atoms with Crippen molar-refractivity contribution >= 4 is 32.7 Å². The second-order valence-corrected chi connectivity index (χ2v) is 11.7. The molecule has 0 amide bonds. The lowest BCUT2D eigenvalue weighted by molar-refractivity contribution is 1.50. The van der Waals surface area contributed by atoms with Crippen molar-refractivity contribution in [2.45, 2.75) is 0 Å². The van der Waals surface area contributed by atoms with E-state index in [-0.39, 0.29) is 0 Å². The third-order valence-electron chi connectivity index (χ3n) is 8.92. The fourth-order valence-electron chi connectivity index (χ4n) is 6.71. The Kier molecular flexibility index (Phi) is 7.30. The number of hydrogen-bond acceptors (Lipinski definition) is 0. The maximum atomic E-state index is 2.28. The highest BCUT2D eigenvalue weighted by Crippen LogP contribution is 2.39. The van der Waals surface area contributed by atoms with Crippen LogP contribution < -0.4 is 0 Å². The van der Waals surface area contributed by atoms with Crippen molar-refractivity contribution in [3.8, 4) is 22.3 Å². The normalized spacial score (nSPS) is 11.8. The standard InChI is InChI=1S/C46H32/c1-3-15-37(16-4-1)45(39-29-25-35(26-30-39)43-23-11-19-33-13-7-9-21-41(33)43)46(38-17-5-2-6-18-38)40-31-27-36(28-32-40)44-24-12-20-34-14-8-10-22-42(34)44/h1-32H/b46-45+. The SMILES string of the molecule is c1ccc(/C(=C(/c2ccccc2)c2ccc(-c3cccc4ccccc34)cc2)c2ccc(-c3cccc4ccccc34)cc2)cc1. The van der Waals surface area contributed by atoms with Crippen LogP contribution in [0.2, 0.25) is 0 Å². The van der Waals surface area contributed by atoms with Gasteiger partial charge >= 0.3 is 0 Å². The molecule has 0 aromatic heterocycles. The van der Waals surface area contributed by atoms with Gasteiger partial charge in [0.15, 0.2) is 0 Å². The Morgan fingerprint density at radius 1 is 0.239 bits per heavy atom. The Morgan fingerprint density at radius 3 is 0.978 bits per heavy atom. The number of rotatable bonds is 6. The van der Waals surface area contributed by atoms with Crippen LogP contribution in [0, 0.1) is 0 Å². The molecule has 0 radical (unpaired) electrons. The molecule has 0 aliphatic heterocycles. The summed E-state index contributed by atoms with van der Waals surface area (Å²) in [6.07, 6.45) is 0.